The van der Waals surface area contributed by atoms with Crippen molar-refractivity contribution in [2.45, 2.75) is 43.5 Å². The number of thiophene rings is 1. The Morgan fingerprint density at radius 2 is 2.17 bits per heavy atom. The molecule has 102 valence electrons. The summed E-state index contributed by atoms with van der Waals surface area (Å²) in [5.74, 6) is 0. The third kappa shape index (κ3) is 2.50. The minimum absolute atomic E-state index is 0.0282. The fourth-order valence-corrected chi connectivity index (χ4v) is 6.17. The molecule has 2 atom stereocenters. The highest BCUT2D eigenvalue weighted by atomic mass is 79.9. The molecule has 0 bridgehead atoms. The number of alkyl halides is 1. The van der Waals surface area contributed by atoms with Gasteiger partial charge in [-0.25, -0.2) is 13.1 Å². The predicted molar refractivity (Wildman–Crippen MR) is 78.9 cm³/mol. The van der Waals surface area contributed by atoms with Gasteiger partial charge in [0.2, 0.25) is 10.0 Å². The maximum absolute atomic E-state index is 12.3. The van der Waals surface area contributed by atoms with Crippen LogP contribution in [0.15, 0.2) is 14.7 Å². The van der Waals surface area contributed by atoms with Crippen LogP contribution in [-0.4, -0.2) is 19.8 Å². The van der Waals surface area contributed by atoms with Crippen LogP contribution in [-0.2, 0) is 10.0 Å². The highest BCUT2D eigenvalue weighted by Crippen LogP contribution is 2.45. The lowest BCUT2D eigenvalue weighted by atomic mass is 9.67. The number of halogens is 2. The second-order valence-corrected chi connectivity index (χ2v) is 10.0. The van der Waals surface area contributed by atoms with Crippen LogP contribution >= 0.6 is 38.9 Å². The second kappa shape index (κ2) is 4.74. The van der Waals surface area contributed by atoms with Crippen molar-refractivity contribution in [1.82, 2.24) is 4.72 Å². The first-order valence-corrected chi connectivity index (χ1v) is 9.10. The third-order valence-corrected chi connectivity index (χ3v) is 7.60. The summed E-state index contributed by atoms with van der Waals surface area (Å²) < 4.78 is 28.2. The molecular weight excluding hydrogens is 358 g/mol. The van der Waals surface area contributed by atoms with Crippen molar-refractivity contribution in [1.29, 1.82) is 0 Å². The van der Waals surface area contributed by atoms with Gasteiger partial charge in [0.05, 0.1) is 8.68 Å². The van der Waals surface area contributed by atoms with E-state index < -0.39 is 10.0 Å². The SMILES string of the molecule is Cc1sc(Br)cc1S(=O)(=O)NC1CC(Cl)C1(C)C. The summed E-state index contributed by atoms with van der Waals surface area (Å²) in [6.07, 6.45) is 0.679. The zero-order valence-corrected chi connectivity index (χ0v) is 14.3. The van der Waals surface area contributed by atoms with Gasteiger partial charge < -0.3 is 0 Å². The molecule has 0 aromatic carbocycles. The smallest absolute Gasteiger partial charge is 0.207 e. The average molecular weight is 373 g/mol. The Kier molecular flexibility index (Phi) is 3.89. The van der Waals surface area contributed by atoms with Crippen LogP contribution in [0.4, 0.5) is 0 Å². The maximum atomic E-state index is 12.3. The standard InChI is InChI=1S/C11H15BrClNO2S2/c1-6-7(4-10(12)17-6)18(15,16)14-9-5-8(13)11(9,2)3/h4,8-9,14H,5H2,1-3H3. The van der Waals surface area contributed by atoms with Crippen LogP contribution < -0.4 is 4.72 Å². The summed E-state index contributed by atoms with van der Waals surface area (Å²) in [5, 5.41) is 0.0282. The van der Waals surface area contributed by atoms with Crippen molar-refractivity contribution < 1.29 is 8.42 Å². The van der Waals surface area contributed by atoms with Crippen LogP contribution in [0.3, 0.4) is 0 Å². The van der Waals surface area contributed by atoms with Gasteiger partial charge in [-0.3, -0.25) is 0 Å². The minimum Gasteiger partial charge on any atom is -0.207 e. The van der Waals surface area contributed by atoms with Gasteiger partial charge in [-0.15, -0.1) is 22.9 Å². The number of sulfonamides is 1. The lowest BCUT2D eigenvalue weighted by molar-refractivity contribution is 0.137. The molecule has 7 heteroatoms. The molecule has 3 nitrogen and oxygen atoms in total. The van der Waals surface area contributed by atoms with E-state index in [2.05, 4.69) is 20.7 Å². The zero-order valence-electron chi connectivity index (χ0n) is 10.3. The monoisotopic (exact) mass is 371 g/mol. The third-order valence-electron chi connectivity index (χ3n) is 3.58. The van der Waals surface area contributed by atoms with Crippen molar-refractivity contribution in [2.75, 3.05) is 0 Å². The largest absolute Gasteiger partial charge is 0.241 e. The Balaban J connectivity index is 2.22. The van der Waals surface area contributed by atoms with E-state index >= 15 is 0 Å². The van der Waals surface area contributed by atoms with Crippen LogP contribution in [0.25, 0.3) is 0 Å². The lowest BCUT2D eigenvalue weighted by Gasteiger charge is -2.48. The van der Waals surface area contributed by atoms with Crippen molar-refractivity contribution in [3.8, 4) is 0 Å². The predicted octanol–water partition coefficient (Wildman–Crippen LogP) is 3.50. The van der Waals surface area contributed by atoms with Crippen LogP contribution in [0, 0.1) is 12.3 Å². The van der Waals surface area contributed by atoms with Crippen molar-refractivity contribution in [3.05, 3.63) is 14.7 Å². The molecule has 0 amide bonds. The first kappa shape index (κ1) is 14.8. The maximum Gasteiger partial charge on any atom is 0.241 e. The van der Waals surface area contributed by atoms with E-state index in [9.17, 15) is 8.42 Å². The number of nitrogens with one attached hydrogen (secondary N) is 1. The number of rotatable bonds is 3. The molecule has 1 fully saturated rings. The van der Waals surface area contributed by atoms with E-state index in [1.54, 1.807) is 13.0 Å². The van der Waals surface area contributed by atoms with Crippen molar-refractivity contribution >= 4 is 48.9 Å². The molecule has 1 saturated carbocycles. The van der Waals surface area contributed by atoms with Crippen molar-refractivity contribution in [3.63, 3.8) is 0 Å². The molecule has 0 aliphatic heterocycles. The molecule has 1 N–H and O–H groups in total. The first-order valence-electron chi connectivity index (χ1n) is 5.57. The summed E-state index contributed by atoms with van der Waals surface area (Å²) in [6.45, 7) is 5.77. The fraction of sp³-hybridized carbons (Fsp3) is 0.636. The molecule has 0 spiro atoms. The van der Waals surface area contributed by atoms with Gasteiger partial charge in [0.1, 0.15) is 0 Å². The fourth-order valence-electron chi connectivity index (χ4n) is 2.02. The van der Waals surface area contributed by atoms with Gasteiger partial charge in [-0.1, -0.05) is 13.8 Å². The van der Waals surface area contributed by atoms with E-state index in [1.807, 2.05) is 13.8 Å². The second-order valence-electron chi connectivity index (χ2n) is 5.17. The summed E-state index contributed by atoms with van der Waals surface area (Å²) in [7, 11) is -3.45. The first-order chi connectivity index (χ1) is 8.14. The van der Waals surface area contributed by atoms with Crippen LogP contribution in [0.5, 0.6) is 0 Å². The van der Waals surface area contributed by atoms with E-state index in [0.29, 0.717) is 11.3 Å². The molecule has 0 saturated heterocycles. The summed E-state index contributed by atoms with van der Waals surface area (Å²) in [6, 6.07) is 1.55. The van der Waals surface area contributed by atoms with Gasteiger partial charge in [0.15, 0.2) is 0 Å². The Labute approximate surface area is 125 Å². The van der Waals surface area contributed by atoms with E-state index in [1.165, 1.54) is 11.3 Å². The Hall–Kier alpha value is 0.380. The molecule has 1 aromatic heterocycles. The molecule has 1 heterocycles. The topological polar surface area (TPSA) is 46.2 Å². The summed E-state index contributed by atoms with van der Waals surface area (Å²) >= 11 is 10.8. The van der Waals surface area contributed by atoms with E-state index in [4.69, 9.17) is 11.6 Å². The van der Waals surface area contributed by atoms with Gasteiger partial charge >= 0.3 is 0 Å². The van der Waals surface area contributed by atoms with Crippen LogP contribution in [0.1, 0.15) is 25.1 Å². The summed E-state index contributed by atoms with van der Waals surface area (Å²) in [5.41, 5.74) is -0.199. The van der Waals surface area contributed by atoms with E-state index in [0.717, 1.165) is 8.66 Å². The number of aryl methyl sites for hydroxylation is 1. The molecule has 1 aliphatic rings. The number of hydrogen-bond donors (Lipinski definition) is 1. The molecule has 2 unspecified atom stereocenters. The van der Waals surface area contributed by atoms with Crippen LogP contribution in [0.2, 0.25) is 0 Å². The highest BCUT2D eigenvalue weighted by molar-refractivity contribution is 9.11. The van der Waals surface area contributed by atoms with Gasteiger partial charge in [-0.05, 0) is 40.8 Å². The Morgan fingerprint density at radius 1 is 1.56 bits per heavy atom. The molecule has 18 heavy (non-hydrogen) atoms. The lowest BCUT2D eigenvalue weighted by Crippen LogP contribution is -2.59. The zero-order chi connectivity index (χ0) is 13.7. The molecular formula is C11H15BrClNO2S2. The molecule has 1 aliphatic carbocycles. The Morgan fingerprint density at radius 3 is 2.56 bits per heavy atom. The number of hydrogen-bond acceptors (Lipinski definition) is 3. The Bertz CT molecular complexity index is 568. The van der Waals surface area contributed by atoms with Gasteiger partial charge in [-0.2, -0.15) is 0 Å². The highest BCUT2D eigenvalue weighted by Gasteiger charge is 2.48. The quantitative estimate of drug-likeness (QED) is 0.825. The average Bonchev–Trinajstić information content (AvgIpc) is 2.58. The normalized spacial score (nSPS) is 26.9. The molecule has 0 radical (unpaired) electrons. The molecule has 1 aromatic rings. The van der Waals surface area contributed by atoms with Gasteiger partial charge in [0, 0.05) is 16.3 Å². The minimum atomic E-state index is -3.45. The molecule has 2 rings (SSSR count). The van der Waals surface area contributed by atoms with Crippen molar-refractivity contribution in [2.24, 2.45) is 5.41 Å². The van der Waals surface area contributed by atoms with E-state index in [-0.39, 0.29) is 16.8 Å². The summed E-state index contributed by atoms with van der Waals surface area (Å²) in [4.78, 5) is 1.14. The van der Waals surface area contributed by atoms with Gasteiger partial charge in [0.25, 0.3) is 0 Å².